The number of imide groups is 1. The first kappa shape index (κ1) is 21.4. The van der Waals surface area contributed by atoms with E-state index in [1.807, 2.05) is 9.24 Å². The molecule has 148 valence electrons. The lowest BCUT2D eigenvalue weighted by atomic mass is 10.0. The van der Waals surface area contributed by atoms with E-state index in [2.05, 4.69) is 10.6 Å². The summed E-state index contributed by atoms with van der Waals surface area (Å²) in [6, 6.07) is 5.70. The van der Waals surface area contributed by atoms with Gasteiger partial charge in [-0.05, 0) is 23.6 Å². The van der Waals surface area contributed by atoms with Crippen molar-refractivity contribution >= 4 is 44.1 Å². The number of anilines is 1. The average Bonchev–Trinajstić information content (AvgIpc) is 2.96. The van der Waals surface area contributed by atoms with Crippen LogP contribution < -0.4 is 15.5 Å². The van der Waals surface area contributed by atoms with Crippen LogP contribution in [0.1, 0.15) is 19.4 Å². The highest BCUT2D eigenvalue weighted by atomic mass is 31.0. The van der Waals surface area contributed by atoms with E-state index in [0.717, 1.165) is 4.90 Å². The monoisotopic (exact) mass is 403 g/mol. The van der Waals surface area contributed by atoms with Crippen molar-refractivity contribution < 1.29 is 24.0 Å². The fraction of sp³-hybridized carbons (Fsp3) is 0.316. The molecule has 1 aliphatic heterocycles. The standard InChI is InChI=1S/C19H22N3O5P/c1-11(2)18(19(27)20-10-17(26)28)21-14(23)9-12-3-5-13(6-4-12)22-15(24)7-8-16(22)25/h3-8,11,18H,9-10,28H2,1-2H3,(H,20,27)(H,21,23). The molecule has 0 aliphatic carbocycles. The Morgan fingerprint density at radius 1 is 1.04 bits per heavy atom. The van der Waals surface area contributed by atoms with E-state index in [9.17, 15) is 24.0 Å². The minimum atomic E-state index is -0.762. The summed E-state index contributed by atoms with van der Waals surface area (Å²) >= 11 is 0. The zero-order chi connectivity index (χ0) is 20.8. The Kier molecular flexibility index (Phi) is 7.18. The van der Waals surface area contributed by atoms with Crippen molar-refractivity contribution in [1.29, 1.82) is 0 Å². The molecule has 2 unspecified atom stereocenters. The first-order valence-electron chi connectivity index (χ1n) is 8.69. The number of carbonyl (C=O) groups excluding carboxylic acids is 5. The van der Waals surface area contributed by atoms with Gasteiger partial charge in [-0.2, -0.15) is 0 Å². The molecule has 0 aromatic heterocycles. The van der Waals surface area contributed by atoms with Crippen molar-refractivity contribution in [3.8, 4) is 0 Å². The first-order chi connectivity index (χ1) is 13.2. The van der Waals surface area contributed by atoms with E-state index in [4.69, 9.17) is 0 Å². The van der Waals surface area contributed by atoms with Gasteiger partial charge in [0.25, 0.3) is 11.8 Å². The summed E-state index contributed by atoms with van der Waals surface area (Å²) in [5.41, 5.74) is 0.828. The van der Waals surface area contributed by atoms with Crippen LogP contribution in [0.5, 0.6) is 0 Å². The lowest BCUT2D eigenvalue weighted by Crippen LogP contribution is -2.50. The van der Waals surface area contributed by atoms with Gasteiger partial charge in [-0.3, -0.25) is 24.0 Å². The molecule has 1 aromatic rings. The van der Waals surface area contributed by atoms with Crippen LogP contribution in [0.25, 0.3) is 0 Å². The molecule has 9 heteroatoms. The van der Waals surface area contributed by atoms with Gasteiger partial charge in [0.05, 0.1) is 18.7 Å². The molecule has 0 radical (unpaired) electrons. The average molecular weight is 403 g/mol. The second-order valence-electron chi connectivity index (χ2n) is 6.66. The molecule has 0 saturated carbocycles. The minimum absolute atomic E-state index is 0.0273. The number of benzene rings is 1. The molecule has 2 rings (SSSR count). The van der Waals surface area contributed by atoms with Crippen LogP contribution in [0.4, 0.5) is 5.69 Å². The summed E-state index contributed by atoms with van der Waals surface area (Å²) < 4.78 is 0. The number of rotatable bonds is 8. The smallest absolute Gasteiger partial charge is 0.258 e. The van der Waals surface area contributed by atoms with Crippen molar-refractivity contribution in [2.45, 2.75) is 26.3 Å². The molecule has 1 aliphatic rings. The number of hydrogen-bond donors (Lipinski definition) is 2. The highest BCUT2D eigenvalue weighted by Crippen LogP contribution is 2.19. The topological polar surface area (TPSA) is 113 Å². The summed E-state index contributed by atoms with van der Waals surface area (Å²) in [6.07, 6.45) is 2.43. The second kappa shape index (κ2) is 9.37. The molecule has 8 nitrogen and oxygen atoms in total. The van der Waals surface area contributed by atoms with E-state index in [1.54, 1.807) is 38.1 Å². The number of nitrogens with one attached hydrogen (secondary N) is 2. The third kappa shape index (κ3) is 5.57. The minimum Gasteiger partial charge on any atom is -0.347 e. The van der Waals surface area contributed by atoms with Crippen molar-refractivity contribution in [3.05, 3.63) is 42.0 Å². The van der Waals surface area contributed by atoms with Gasteiger partial charge < -0.3 is 10.6 Å². The molecule has 28 heavy (non-hydrogen) atoms. The van der Waals surface area contributed by atoms with Crippen LogP contribution in [0.3, 0.4) is 0 Å². The van der Waals surface area contributed by atoms with Crippen molar-refractivity contribution in [1.82, 2.24) is 10.6 Å². The number of nitrogens with zero attached hydrogens (tertiary/aromatic N) is 1. The maximum absolute atomic E-state index is 12.3. The maximum atomic E-state index is 12.3. The number of amides is 4. The molecule has 2 atom stereocenters. The van der Waals surface area contributed by atoms with Gasteiger partial charge in [0.1, 0.15) is 6.04 Å². The van der Waals surface area contributed by atoms with Crippen LogP contribution in [-0.4, -0.2) is 41.7 Å². The molecular formula is C19H22N3O5P. The van der Waals surface area contributed by atoms with Gasteiger partial charge in [-0.15, -0.1) is 0 Å². The van der Waals surface area contributed by atoms with Crippen LogP contribution in [0, 0.1) is 5.92 Å². The van der Waals surface area contributed by atoms with Crippen molar-refractivity contribution in [2.75, 3.05) is 11.4 Å². The zero-order valence-corrected chi connectivity index (χ0v) is 16.8. The third-order valence-corrected chi connectivity index (χ3v) is 4.28. The Morgan fingerprint density at radius 3 is 2.11 bits per heavy atom. The molecule has 0 spiro atoms. The molecule has 2 N–H and O–H groups in total. The van der Waals surface area contributed by atoms with Gasteiger partial charge in [0, 0.05) is 12.2 Å². The lowest BCUT2D eigenvalue weighted by Gasteiger charge is -2.21. The van der Waals surface area contributed by atoms with E-state index in [0.29, 0.717) is 11.3 Å². The highest BCUT2D eigenvalue weighted by molar-refractivity contribution is 7.40. The Hall–Kier alpha value is -2.86. The van der Waals surface area contributed by atoms with Crippen molar-refractivity contribution in [3.63, 3.8) is 0 Å². The summed E-state index contributed by atoms with van der Waals surface area (Å²) in [6.45, 7) is 3.47. The SMILES string of the molecule is CC(C)C(NC(=O)Cc1ccc(N2C(=O)C=CC2=O)cc1)C(=O)NCC(=O)P. The Morgan fingerprint density at radius 2 is 1.61 bits per heavy atom. The normalized spacial score (nSPS) is 14.4. The van der Waals surface area contributed by atoms with Gasteiger partial charge >= 0.3 is 0 Å². The van der Waals surface area contributed by atoms with E-state index in [-0.39, 0.29) is 30.3 Å². The van der Waals surface area contributed by atoms with Gasteiger partial charge in [0.15, 0.2) is 5.52 Å². The van der Waals surface area contributed by atoms with E-state index < -0.39 is 23.8 Å². The predicted molar refractivity (Wildman–Crippen MR) is 106 cm³/mol. The summed E-state index contributed by atoms with van der Waals surface area (Å²) in [4.78, 5) is 59.9. The summed E-state index contributed by atoms with van der Waals surface area (Å²) in [7, 11) is 1.97. The van der Waals surface area contributed by atoms with Crippen LogP contribution >= 0.6 is 9.24 Å². The highest BCUT2D eigenvalue weighted by Gasteiger charge is 2.26. The lowest BCUT2D eigenvalue weighted by molar-refractivity contribution is -0.130. The first-order valence-corrected chi connectivity index (χ1v) is 9.27. The molecule has 1 aromatic carbocycles. The zero-order valence-electron chi connectivity index (χ0n) is 15.6. The molecule has 0 bridgehead atoms. The quantitative estimate of drug-likeness (QED) is 0.479. The molecule has 4 amide bonds. The molecule has 0 saturated heterocycles. The fourth-order valence-electron chi connectivity index (χ4n) is 2.65. The van der Waals surface area contributed by atoms with Crippen LogP contribution in [0.2, 0.25) is 0 Å². The number of carbonyl (C=O) groups is 5. The largest absolute Gasteiger partial charge is 0.347 e. The van der Waals surface area contributed by atoms with Crippen molar-refractivity contribution in [2.24, 2.45) is 5.92 Å². The Labute approximate surface area is 164 Å². The summed E-state index contributed by atoms with van der Waals surface area (Å²) in [5, 5.41) is 5.15. The Balaban J connectivity index is 1.97. The predicted octanol–water partition coefficient (Wildman–Crippen LogP) is 0.317. The second-order valence-corrected chi connectivity index (χ2v) is 7.31. The fourth-order valence-corrected chi connectivity index (χ4v) is 2.75. The van der Waals surface area contributed by atoms with Crippen LogP contribution in [0.15, 0.2) is 36.4 Å². The Bertz CT molecular complexity index is 814. The van der Waals surface area contributed by atoms with E-state index >= 15 is 0 Å². The van der Waals surface area contributed by atoms with Gasteiger partial charge in [0.2, 0.25) is 11.8 Å². The molecular weight excluding hydrogens is 381 g/mol. The van der Waals surface area contributed by atoms with Gasteiger partial charge in [-0.1, -0.05) is 35.2 Å². The molecule has 0 fully saturated rings. The summed E-state index contributed by atoms with van der Waals surface area (Å²) in [5.74, 6) is -1.76. The third-order valence-electron chi connectivity index (χ3n) is 4.07. The van der Waals surface area contributed by atoms with Crippen LogP contribution in [-0.2, 0) is 30.4 Å². The number of hydrogen-bond acceptors (Lipinski definition) is 5. The maximum Gasteiger partial charge on any atom is 0.258 e. The van der Waals surface area contributed by atoms with E-state index in [1.165, 1.54) is 12.2 Å². The molecule has 1 heterocycles. The van der Waals surface area contributed by atoms with Gasteiger partial charge in [-0.25, -0.2) is 4.90 Å².